The zero-order valence-electron chi connectivity index (χ0n) is 18.6. The van der Waals surface area contributed by atoms with Gasteiger partial charge in [0.25, 0.3) is 5.91 Å². The van der Waals surface area contributed by atoms with Crippen molar-refractivity contribution >= 4 is 39.3 Å². The molecular formula is C26H26BrClN2O3. The number of carbonyl (C=O) groups is 2. The van der Waals surface area contributed by atoms with Crippen molar-refractivity contribution in [3.63, 3.8) is 0 Å². The topological polar surface area (TPSA) is 58.6 Å². The number of hydrogen-bond acceptors (Lipinski definition) is 3. The molecule has 3 rings (SSSR count). The number of carbonyl (C=O) groups excluding carboxylic acids is 2. The average Bonchev–Trinajstić information content (AvgIpc) is 2.82. The summed E-state index contributed by atoms with van der Waals surface area (Å²) in [6.45, 7) is 1.99. The molecule has 0 saturated carbocycles. The number of rotatable bonds is 9. The van der Waals surface area contributed by atoms with Crippen molar-refractivity contribution in [1.82, 2.24) is 10.2 Å². The lowest BCUT2D eigenvalue weighted by atomic mass is 10.0. The summed E-state index contributed by atoms with van der Waals surface area (Å²) in [7, 11) is 1.57. The van der Waals surface area contributed by atoms with Crippen molar-refractivity contribution in [3.8, 4) is 5.75 Å². The van der Waals surface area contributed by atoms with Crippen LogP contribution in [-0.4, -0.2) is 36.4 Å². The third kappa shape index (κ3) is 7.07. The zero-order chi connectivity index (χ0) is 23.8. The number of halogens is 2. The van der Waals surface area contributed by atoms with Crippen LogP contribution >= 0.6 is 27.5 Å². The van der Waals surface area contributed by atoms with E-state index in [-0.39, 0.29) is 25.0 Å². The lowest BCUT2D eigenvalue weighted by Crippen LogP contribution is -2.51. The van der Waals surface area contributed by atoms with Crippen LogP contribution in [0.4, 0.5) is 0 Å². The minimum atomic E-state index is -0.709. The molecule has 0 aliphatic rings. The highest BCUT2D eigenvalue weighted by molar-refractivity contribution is 9.10. The molecule has 0 saturated heterocycles. The number of nitrogens with one attached hydrogen (secondary N) is 1. The van der Waals surface area contributed by atoms with Crippen molar-refractivity contribution < 1.29 is 14.3 Å². The zero-order valence-corrected chi connectivity index (χ0v) is 20.9. The Kier molecular flexibility index (Phi) is 8.92. The molecule has 0 aliphatic heterocycles. The van der Waals surface area contributed by atoms with E-state index in [1.54, 1.807) is 30.1 Å². The molecule has 33 heavy (non-hydrogen) atoms. The summed E-state index contributed by atoms with van der Waals surface area (Å²) in [6.07, 6.45) is 0.379. The highest BCUT2D eigenvalue weighted by Gasteiger charge is 2.30. The molecule has 0 fully saturated rings. The van der Waals surface area contributed by atoms with Gasteiger partial charge in [-0.1, -0.05) is 70.0 Å². The molecule has 1 N–H and O–H groups in total. The number of likely N-dealkylation sites (N-methyl/N-ethyl adjacent to an activating group) is 1. The van der Waals surface area contributed by atoms with Crippen LogP contribution in [0.15, 0.2) is 77.3 Å². The van der Waals surface area contributed by atoms with Crippen molar-refractivity contribution in [2.24, 2.45) is 0 Å². The monoisotopic (exact) mass is 528 g/mol. The standard InChI is InChI=1S/C26H26BrClN2O3/c1-18-13-22(11-12-23(18)27)33-17-25(31)30(16-20-9-6-10-21(28)14-20)24(26(32)29-2)15-19-7-4-3-5-8-19/h3-14,24H,15-17H2,1-2H3,(H,29,32)/t24-/m0/s1. The van der Waals surface area contributed by atoms with E-state index >= 15 is 0 Å². The van der Waals surface area contributed by atoms with Gasteiger partial charge in [0.15, 0.2) is 6.61 Å². The van der Waals surface area contributed by atoms with Crippen LogP contribution in [0, 0.1) is 6.92 Å². The van der Waals surface area contributed by atoms with Crippen LogP contribution in [0.25, 0.3) is 0 Å². The lowest BCUT2D eigenvalue weighted by Gasteiger charge is -2.31. The second-order valence-corrected chi connectivity index (χ2v) is 8.96. The quantitative estimate of drug-likeness (QED) is 0.416. The van der Waals surface area contributed by atoms with Crippen LogP contribution in [0.3, 0.4) is 0 Å². The second-order valence-electron chi connectivity index (χ2n) is 7.67. The van der Waals surface area contributed by atoms with Crippen LogP contribution in [-0.2, 0) is 22.6 Å². The minimum Gasteiger partial charge on any atom is -0.484 e. The third-order valence-corrected chi connectivity index (χ3v) is 6.38. The number of ether oxygens (including phenoxy) is 1. The molecule has 0 heterocycles. The molecule has 5 nitrogen and oxygen atoms in total. The molecule has 0 radical (unpaired) electrons. The summed E-state index contributed by atoms with van der Waals surface area (Å²) < 4.78 is 6.75. The van der Waals surface area contributed by atoms with Crippen molar-refractivity contribution in [2.45, 2.75) is 25.9 Å². The number of nitrogens with zero attached hydrogens (tertiary/aromatic N) is 1. The molecule has 0 aromatic heterocycles. The van der Waals surface area contributed by atoms with Crippen LogP contribution in [0.2, 0.25) is 5.02 Å². The molecule has 7 heteroatoms. The maximum atomic E-state index is 13.4. The third-order valence-electron chi connectivity index (χ3n) is 5.25. The molecular weight excluding hydrogens is 504 g/mol. The fourth-order valence-corrected chi connectivity index (χ4v) is 3.95. The molecule has 0 unspecified atom stereocenters. The van der Waals surface area contributed by atoms with Crippen molar-refractivity contribution in [3.05, 3.63) is 99.0 Å². The summed E-state index contributed by atoms with van der Waals surface area (Å²) in [6, 6.07) is 21.7. The summed E-state index contributed by atoms with van der Waals surface area (Å²) >= 11 is 9.63. The molecule has 3 aromatic carbocycles. The number of amides is 2. The van der Waals surface area contributed by atoms with E-state index in [0.717, 1.165) is 21.2 Å². The first kappa shape index (κ1) is 24.8. The highest BCUT2D eigenvalue weighted by Crippen LogP contribution is 2.22. The smallest absolute Gasteiger partial charge is 0.261 e. The summed E-state index contributed by atoms with van der Waals surface area (Å²) in [5, 5.41) is 3.27. The van der Waals surface area contributed by atoms with Crippen LogP contribution in [0.5, 0.6) is 5.75 Å². The number of hydrogen-bond donors (Lipinski definition) is 1. The first-order valence-corrected chi connectivity index (χ1v) is 11.7. The van der Waals surface area contributed by atoms with Gasteiger partial charge in [0, 0.05) is 29.5 Å². The van der Waals surface area contributed by atoms with Gasteiger partial charge in [0.1, 0.15) is 11.8 Å². The predicted octanol–water partition coefficient (Wildman–Crippen LogP) is 5.18. The normalized spacial score (nSPS) is 11.5. The van der Waals surface area contributed by atoms with Gasteiger partial charge >= 0.3 is 0 Å². The van der Waals surface area contributed by atoms with Crippen LogP contribution < -0.4 is 10.1 Å². The Bertz CT molecular complexity index is 1110. The van der Waals surface area contributed by atoms with E-state index in [0.29, 0.717) is 17.2 Å². The first-order chi connectivity index (χ1) is 15.9. The Morgan fingerprint density at radius 3 is 2.42 bits per heavy atom. The van der Waals surface area contributed by atoms with Crippen molar-refractivity contribution in [2.75, 3.05) is 13.7 Å². The Hall–Kier alpha value is -2.83. The minimum absolute atomic E-state index is 0.191. The van der Waals surface area contributed by atoms with Gasteiger partial charge in [-0.15, -0.1) is 0 Å². The van der Waals surface area contributed by atoms with Crippen LogP contribution in [0.1, 0.15) is 16.7 Å². The van der Waals surface area contributed by atoms with Gasteiger partial charge in [0.2, 0.25) is 5.91 Å². The molecule has 172 valence electrons. The Morgan fingerprint density at radius 1 is 1.03 bits per heavy atom. The molecule has 3 aromatic rings. The average molecular weight is 530 g/mol. The molecule has 0 bridgehead atoms. The van der Waals surface area contributed by atoms with E-state index in [1.807, 2.05) is 61.5 Å². The summed E-state index contributed by atoms with van der Waals surface area (Å²) in [5.74, 6) is 0.0557. The molecule has 1 atom stereocenters. The molecule has 2 amide bonds. The van der Waals surface area contributed by atoms with E-state index in [1.165, 1.54) is 0 Å². The van der Waals surface area contributed by atoms with E-state index in [9.17, 15) is 9.59 Å². The van der Waals surface area contributed by atoms with Gasteiger partial charge in [-0.2, -0.15) is 0 Å². The maximum absolute atomic E-state index is 13.4. The molecule has 0 aliphatic carbocycles. The van der Waals surface area contributed by atoms with Crippen molar-refractivity contribution in [1.29, 1.82) is 0 Å². The number of aryl methyl sites for hydroxylation is 1. The summed E-state index contributed by atoms with van der Waals surface area (Å²) in [5.41, 5.74) is 2.79. The highest BCUT2D eigenvalue weighted by atomic mass is 79.9. The number of benzene rings is 3. The Labute approximate surface area is 207 Å². The Balaban J connectivity index is 1.87. The van der Waals surface area contributed by atoms with E-state index < -0.39 is 6.04 Å². The first-order valence-electron chi connectivity index (χ1n) is 10.6. The largest absolute Gasteiger partial charge is 0.484 e. The lowest BCUT2D eigenvalue weighted by molar-refractivity contribution is -0.142. The van der Waals surface area contributed by atoms with Gasteiger partial charge in [-0.3, -0.25) is 9.59 Å². The SMILES string of the molecule is CNC(=O)[C@H](Cc1ccccc1)N(Cc1cccc(Cl)c1)C(=O)COc1ccc(Br)c(C)c1. The van der Waals surface area contributed by atoms with Gasteiger partial charge < -0.3 is 15.0 Å². The van der Waals surface area contributed by atoms with Gasteiger partial charge in [-0.25, -0.2) is 0 Å². The fourth-order valence-electron chi connectivity index (χ4n) is 3.49. The summed E-state index contributed by atoms with van der Waals surface area (Å²) in [4.78, 5) is 27.8. The maximum Gasteiger partial charge on any atom is 0.261 e. The fraction of sp³-hybridized carbons (Fsp3) is 0.231. The predicted molar refractivity (Wildman–Crippen MR) is 134 cm³/mol. The van der Waals surface area contributed by atoms with E-state index in [4.69, 9.17) is 16.3 Å². The second kappa shape index (κ2) is 11.9. The Morgan fingerprint density at radius 2 is 1.76 bits per heavy atom. The van der Waals surface area contributed by atoms with E-state index in [2.05, 4.69) is 21.2 Å². The van der Waals surface area contributed by atoms with Gasteiger partial charge in [-0.05, 0) is 53.9 Å². The molecule has 0 spiro atoms. The van der Waals surface area contributed by atoms with Gasteiger partial charge in [0.05, 0.1) is 0 Å².